The van der Waals surface area contributed by atoms with Gasteiger partial charge in [0.1, 0.15) is 5.82 Å². The van der Waals surface area contributed by atoms with E-state index in [4.69, 9.17) is 4.74 Å². The van der Waals surface area contributed by atoms with Gasteiger partial charge in [0.2, 0.25) is 0 Å². The first-order valence-electron chi connectivity index (χ1n) is 10.6. The van der Waals surface area contributed by atoms with Crippen molar-refractivity contribution in [2.75, 3.05) is 7.11 Å². The fraction of sp³-hybridized carbons (Fsp3) is 0.583. The Morgan fingerprint density at radius 2 is 1.78 bits per heavy atom. The van der Waals surface area contributed by atoms with E-state index in [-0.39, 0.29) is 17.5 Å². The maximum Gasteiger partial charge on any atom is 0.172 e. The molecule has 0 spiro atoms. The summed E-state index contributed by atoms with van der Waals surface area (Å²) in [5.74, 6) is 2.17. The molecule has 2 aliphatic carbocycles. The van der Waals surface area contributed by atoms with Gasteiger partial charge in [-0.05, 0) is 84.9 Å². The topological polar surface area (TPSA) is 9.23 Å². The standard InChI is InChI=1S/C24H30F2O/c1-3-4-15-5-6-17-12-18(8-7-16(17)11-15)20-13-19-9-10-23(27-2)24(26)21(19)14-22(20)25/h9-10,13-18H,3-8,11-12H2,1-2H3. The average Bonchev–Trinajstić information content (AvgIpc) is 2.68. The lowest BCUT2D eigenvalue weighted by molar-refractivity contribution is 0.113. The average molecular weight is 372 g/mol. The molecular formula is C24H30F2O. The third kappa shape index (κ3) is 3.58. The largest absolute Gasteiger partial charge is 0.494 e. The molecule has 146 valence electrons. The van der Waals surface area contributed by atoms with Gasteiger partial charge in [0.05, 0.1) is 7.11 Å². The van der Waals surface area contributed by atoms with Crippen molar-refractivity contribution >= 4 is 10.8 Å². The van der Waals surface area contributed by atoms with Gasteiger partial charge in [-0.3, -0.25) is 0 Å². The third-order valence-electron chi connectivity index (χ3n) is 7.11. The quantitative estimate of drug-likeness (QED) is 0.550. The summed E-state index contributed by atoms with van der Waals surface area (Å²) >= 11 is 0. The van der Waals surface area contributed by atoms with Gasteiger partial charge in [-0.1, -0.05) is 32.3 Å². The molecule has 2 fully saturated rings. The van der Waals surface area contributed by atoms with Gasteiger partial charge in [0, 0.05) is 5.39 Å². The first-order valence-corrected chi connectivity index (χ1v) is 10.6. The summed E-state index contributed by atoms with van der Waals surface area (Å²) in [4.78, 5) is 0. The molecule has 2 aromatic carbocycles. The minimum absolute atomic E-state index is 0.166. The van der Waals surface area contributed by atoms with Crippen molar-refractivity contribution in [1.82, 2.24) is 0 Å². The molecule has 2 aliphatic rings. The second-order valence-corrected chi connectivity index (χ2v) is 8.67. The van der Waals surface area contributed by atoms with Crippen molar-refractivity contribution in [3.8, 4) is 5.75 Å². The van der Waals surface area contributed by atoms with Crippen LogP contribution in [0.5, 0.6) is 5.75 Å². The van der Waals surface area contributed by atoms with E-state index in [0.29, 0.717) is 5.39 Å². The zero-order chi connectivity index (χ0) is 19.0. The van der Waals surface area contributed by atoms with Gasteiger partial charge in [-0.15, -0.1) is 0 Å². The first kappa shape index (κ1) is 18.7. The van der Waals surface area contributed by atoms with E-state index in [1.165, 1.54) is 51.7 Å². The van der Waals surface area contributed by atoms with E-state index in [2.05, 4.69) is 6.92 Å². The molecule has 0 bridgehead atoms. The van der Waals surface area contributed by atoms with E-state index in [9.17, 15) is 8.78 Å². The molecule has 0 amide bonds. The van der Waals surface area contributed by atoms with Crippen LogP contribution in [0.2, 0.25) is 0 Å². The third-order valence-corrected chi connectivity index (χ3v) is 7.11. The maximum atomic E-state index is 14.9. The van der Waals surface area contributed by atoms with Crippen LogP contribution >= 0.6 is 0 Å². The first-order chi connectivity index (χ1) is 13.1. The Morgan fingerprint density at radius 3 is 2.56 bits per heavy atom. The normalized spacial score (nSPS) is 28.1. The summed E-state index contributed by atoms with van der Waals surface area (Å²) in [5.41, 5.74) is 0.779. The zero-order valence-corrected chi connectivity index (χ0v) is 16.4. The van der Waals surface area contributed by atoms with Crippen LogP contribution in [-0.2, 0) is 0 Å². The van der Waals surface area contributed by atoms with Gasteiger partial charge in [0.15, 0.2) is 11.6 Å². The van der Waals surface area contributed by atoms with E-state index in [0.717, 1.165) is 41.5 Å². The molecule has 2 saturated carbocycles. The Morgan fingerprint density at radius 1 is 1.00 bits per heavy atom. The number of methoxy groups -OCH3 is 1. The van der Waals surface area contributed by atoms with E-state index < -0.39 is 5.82 Å². The summed E-state index contributed by atoms with van der Waals surface area (Å²) < 4.78 is 34.4. The van der Waals surface area contributed by atoms with Crippen LogP contribution in [-0.4, -0.2) is 7.11 Å². The van der Waals surface area contributed by atoms with Crippen molar-refractivity contribution < 1.29 is 13.5 Å². The Bertz CT molecular complexity index is 816. The highest BCUT2D eigenvalue weighted by Crippen LogP contribution is 2.49. The fourth-order valence-electron chi connectivity index (χ4n) is 5.72. The van der Waals surface area contributed by atoms with Crippen molar-refractivity contribution in [1.29, 1.82) is 0 Å². The monoisotopic (exact) mass is 372 g/mol. The van der Waals surface area contributed by atoms with Gasteiger partial charge in [0.25, 0.3) is 0 Å². The Kier molecular flexibility index (Phi) is 5.39. The highest BCUT2D eigenvalue weighted by Gasteiger charge is 2.36. The van der Waals surface area contributed by atoms with Crippen molar-refractivity contribution in [3.63, 3.8) is 0 Å². The molecular weight excluding hydrogens is 342 g/mol. The molecule has 0 heterocycles. The molecule has 1 nitrogen and oxygen atoms in total. The van der Waals surface area contributed by atoms with Crippen LogP contribution in [0.3, 0.4) is 0 Å². The van der Waals surface area contributed by atoms with Crippen LogP contribution < -0.4 is 4.74 Å². The lowest BCUT2D eigenvalue weighted by Gasteiger charge is -2.42. The zero-order valence-electron chi connectivity index (χ0n) is 16.4. The van der Waals surface area contributed by atoms with Gasteiger partial charge < -0.3 is 4.74 Å². The van der Waals surface area contributed by atoms with Crippen molar-refractivity contribution in [2.24, 2.45) is 17.8 Å². The second-order valence-electron chi connectivity index (χ2n) is 8.67. The number of hydrogen-bond donors (Lipinski definition) is 0. The van der Waals surface area contributed by atoms with E-state index >= 15 is 0 Å². The highest BCUT2D eigenvalue weighted by atomic mass is 19.1. The summed E-state index contributed by atoms with van der Waals surface area (Å²) in [5, 5.41) is 1.07. The highest BCUT2D eigenvalue weighted by molar-refractivity contribution is 5.85. The maximum absolute atomic E-state index is 14.9. The summed E-state index contributed by atoms with van der Waals surface area (Å²) in [6.45, 7) is 2.28. The van der Waals surface area contributed by atoms with Gasteiger partial charge >= 0.3 is 0 Å². The smallest absolute Gasteiger partial charge is 0.172 e. The summed E-state index contributed by atoms with van der Waals surface area (Å²) in [6.07, 6.45) is 10.0. The van der Waals surface area contributed by atoms with Crippen LogP contribution in [0.25, 0.3) is 10.8 Å². The summed E-state index contributed by atoms with van der Waals surface area (Å²) in [6, 6.07) is 6.71. The van der Waals surface area contributed by atoms with Gasteiger partial charge in [-0.25, -0.2) is 8.78 Å². The molecule has 0 N–H and O–H groups in total. The van der Waals surface area contributed by atoms with Crippen molar-refractivity contribution in [2.45, 2.75) is 64.2 Å². The van der Waals surface area contributed by atoms with Crippen LogP contribution in [0, 0.1) is 29.4 Å². The molecule has 2 aromatic rings. The fourth-order valence-corrected chi connectivity index (χ4v) is 5.72. The lowest BCUT2D eigenvalue weighted by atomic mass is 9.63. The predicted octanol–water partition coefficient (Wildman–Crippen LogP) is 7.23. The number of ether oxygens (including phenoxy) is 1. The molecule has 0 aliphatic heterocycles. The lowest BCUT2D eigenvalue weighted by Crippen LogP contribution is -2.30. The molecule has 27 heavy (non-hydrogen) atoms. The van der Waals surface area contributed by atoms with Crippen LogP contribution in [0.1, 0.15) is 69.8 Å². The Hall–Kier alpha value is -1.64. The predicted molar refractivity (Wildman–Crippen MR) is 106 cm³/mol. The van der Waals surface area contributed by atoms with Crippen molar-refractivity contribution in [3.05, 3.63) is 41.5 Å². The van der Waals surface area contributed by atoms with Gasteiger partial charge in [-0.2, -0.15) is 0 Å². The molecule has 0 aromatic heterocycles. The molecule has 3 heteroatoms. The molecule has 4 rings (SSSR count). The van der Waals surface area contributed by atoms with Crippen LogP contribution in [0.15, 0.2) is 24.3 Å². The number of rotatable bonds is 4. The SMILES string of the molecule is CCCC1CCC2CC(c3cc4ccc(OC)c(F)c4cc3F)CCC2C1. The molecule has 0 saturated heterocycles. The minimum Gasteiger partial charge on any atom is -0.494 e. The van der Waals surface area contributed by atoms with E-state index in [1.807, 2.05) is 12.1 Å². The Balaban J connectivity index is 1.56. The molecule has 0 radical (unpaired) electrons. The number of benzene rings is 2. The second kappa shape index (κ2) is 7.77. The number of hydrogen-bond acceptors (Lipinski definition) is 1. The molecule has 4 unspecified atom stereocenters. The van der Waals surface area contributed by atoms with E-state index in [1.54, 1.807) is 6.07 Å². The Labute approximate surface area is 161 Å². The van der Waals surface area contributed by atoms with Crippen LogP contribution in [0.4, 0.5) is 8.78 Å². The number of fused-ring (bicyclic) bond motifs is 2. The summed E-state index contributed by atoms with van der Waals surface area (Å²) in [7, 11) is 1.43. The molecule has 4 atom stereocenters. The minimum atomic E-state index is -0.474. The number of halogens is 2.